The van der Waals surface area contributed by atoms with Gasteiger partial charge in [0.15, 0.2) is 0 Å². The van der Waals surface area contributed by atoms with Crippen molar-refractivity contribution >= 4 is 43.4 Å². The number of benzene rings is 6. The van der Waals surface area contributed by atoms with Crippen molar-refractivity contribution < 1.29 is 4.42 Å². The Morgan fingerprint density at radius 2 is 1.05 bits per heavy atom. The van der Waals surface area contributed by atoms with Crippen LogP contribution in [0.2, 0.25) is 0 Å². The third-order valence-corrected chi connectivity index (χ3v) is 8.49. The Labute approximate surface area is 248 Å². The van der Waals surface area contributed by atoms with Crippen molar-refractivity contribution in [2.24, 2.45) is 0 Å². The number of nitrogens with zero attached hydrogens (tertiary/aromatic N) is 2. The zero-order valence-electron chi connectivity index (χ0n) is 23.2. The Morgan fingerprint density at radius 3 is 1.77 bits per heavy atom. The quantitative estimate of drug-likeness (QED) is 0.206. The van der Waals surface area contributed by atoms with Crippen LogP contribution in [-0.4, -0.2) is 9.97 Å². The fourth-order valence-electron chi connectivity index (χ4n) is 6.65. The molecule has 7 aromatic rings. The van der Waals surface area contributed by atoms with E-state index in [9.17, 15) is 0 Å². The van der Waals surface area contributed by atoms with Gasteiger partial charge in [-0.15, -0.1) is 0 Å². The van der Waals surface area contributed by atoms with E-state index in [4.69, 9.17) is 9.40 Å². The molecule has 3 nitrogen and oxygen atoms in total. The van der Waals surface area contributed by atoms with Crippen molar-refractivity contribution in [3.63, 3.8) is 0 Å². The molecule has 0 amide bonds. The van der Waals surface area contributed by atoms with Crippen molar-refractivity contribution in [1.29, 1.82) is 0 Å². The van der Waals surface area contributed by atoms with Gasteiger partial charge in [0.25, 0.3) is 0 Å². The molecule has 1 aromatic heterocycles. The Balaban J connectivity index is 1.43. The van der Waals surface area contributed by atoms with Crippen LogP contribution < -0.4 is 0 Å². The molecule has 0 spiro atoms. The van der Waals surface area contributed by atoms with Gasteiger partial charge < -0.3 is 4.42 Å². The van der Waals surface area contributed by atoms with Gasteiger partial charge in [0.1, 0.15) is 11.3 Å². The minimum atomic E-state index is 0.827. The highest BCUT2D eigenvalue weighted by Gasteiger charge is 2.26. The standard InChI is InChI=1S/C40H24N2O/c1-3-16-29-27(14-1)36(26-13-11-12-25(24-26)33-20-9-10-23-41-33)28-15-2-4-17-30(28)37(29)40-38-31-18-5-7-21-34(31)42-39(38)32-19-6-8-22-35(32)43-40/h1-24H. The summed E-state index contributed by atoms with van der Waals surface area (Å²) in [6.45, 7) is 0. The molecule has 0 unspecified atom stereocenters. The number of aromatic nitrogens is 2. The summed E-state index contributed by atoms with van der Waals surface area (Å²) in [5.41, 5.74) is 9.32. The van der Waals surface area contributed by atoms with Crippen LogP contribution in [0.4, 0.5) is 0 Å². The van der Waals surface area contributed by atoms with Crippen LogP contribution in [0.25, 0.3) is 88.4 Å². The van der Waals surface area contributed by atoms with Crippen molar-refractivity contribution in [3.05, 3.63) is 146 Å². The summed E-state index contributed by atoms with van der Waals surface area (Å²) < 4.78 is 6.92. The fraction of sp³-hybridized carbons (Fsp3) is 0. The van der Waals surface area contributed by atoms with E-state index in [0.29, 0.717) is 0 Å². The molecular weight excluding hydrogens is 524 g/mol. The van der Waals surface area contributed by atoms with Gasteiger partial charge in [-0.2, -0.15) is 0 Å². The Kier molecular flexibility index (Phi) is 5.20. The maximum Gasteiger partial charge on any atom is 0.146 e. The lowest BCUT2D eigenvalue weighted by atomic mass is 9.85. The van der Waals surface area contributed by atoms with Gasteiger partial charge in [-0.1, -0.05) is 103 Å². The maximum atomic E-state index is 6.92. The summed E-state index contributed by atoms with van der Waals surface area (Å²) in [5, 5.41) is 6.76. The number of rotatable bonds is 3. The number of pyridine rings is 1. The minimum absolute atomic E-state index is 0.827. The lowest BCUT2D eigenvalue weighted by Gasteiger charge is -2.19. The molecule has 2 aliphatic heterocycles. The predicted molar refractivity (Wildman–Crippen MR) is 177 cm³/mol. The topological polar surface area (TPSA) is 38.9 Å². The number of hydrogen-bond donors (Lipinski definition) is 0. The SMILES string of the molecule is c1ccc(-c2cccc(-c3c4ccccc4c(-c4oc5ccccc5c5nc6ccccc6c4-5)c4ccccc34)c2)nc1. The fourth-order valence-corrected chi connectivity index (χ4v) is 6.65. The van der Waals surface area contributed by atoms with Gasteiger partial charge in [0.2, 0.25) is 0 Å². The zero-order valence-corrected chi connectivity index (χ0v) is 23.2. The van der Waals surface area contributed by atoms with Gasteiger partial charge in [-0.05, 0) is 69.1 Å². The summed E-state index contributed by atoms with van der Waals surface area (Å²) in [4.78, 5) is 9.74. The largest absolute Gasteiger partial charge is 0.455 e. The van der Waals surface area contributed by atoms with Crippen LogP contribution in [0.1, 0.15) is 0 Å². The monoisotopic (exact) mass is 548 g/mol. The summed E-state index contributed by atoms with van der Waals surface area (Å²) >= 11 is 0. The van der Waals surface area contributed by atoms with E-state index in [2.05, 4.69) is 114 Å². The van der Waals surface area contributed by atoms with Crippen LogP contribution in [0.3, 0.4) is 0 Å². The van der Waals surface area contributed by atoms with Crippen molar-refractivity contribution in [1.82, 2.24) is 9.97 Å². The van der Waals surface area contributed by atoms with E-state index in [1.807, 2.05) is 36.5 Å². The summed E-state index contributed by atoms with van der Waals surface area (Å²) in [6, 6.07) is 48.7. The zero-order chi connectivity index (χ0) is 28.3. The van der Waals surface area contributed by atoms with Crippen molar-refractivity contribution in [2.75, 3.05) is 0 Å². The smallest absolute Gasteiger partial charge is 0.146 e. The van der Waals surface area contributed by atoms with Gasteiger partial charge in [0.05, 0.1) is 22.5 Å². The molecular formula is C40H24N2O. The first-order valence-electron chi connectivity index (χ1n) is 14.5. The van der Waals surface area contributed by atoms with Gasteiger partial charge in [-0.3, -0.25) is 4.98 Å². The Morgan fingerprint density at radius 1 is 0.442 bits per heavy atom. The van der Waals surface area contributed by atoms with Gasteiger partial charge in [0, 0.05) is 28.1 Å². The first-order chi connectivity index (χ1) is 21.3. The van der Waals surface area contributed by atoms with Crippen LogP contribution in [0.5, 0.6) is 0 Å². The predicted octanol–water partition coefficient (Wildman–Crippen LogP) is 10.8. The van der Waals surface area contributed by atoms with Crippen LogP contribution in [0.15, 0.2) is 150 Å². The van der Waals surface area contributed by atoms with Crippen molar-refractivity contribution in [2.45, 2.75) is 0 Å². The highest BCUT2D eigenvalue weighted by Crippen LogP contribution is 2.50. The van der Waals surface area contributed by atoms with E-state index in [-0.39, 0.29) is 0 Å². The van der Waals surface area contributed by atoms with Gasteiger partial charge in [-0.25, -0.2) is 4.98 Å². The molecule has 0 radical (unpaired) electrons. The molecule has 0 saturated carbocycles. The normalized spacial score (nSPS) is 11.7. The number of fused-ring (bicyclic) bond motifs is 7. The average Bonchev–Trinajstić information content (AvgIpc) is 3.48. The Hall–Kier alpha value is -5.80. The molecule has 0 saturated heterocycles. The highest BCUT2D eigenvalue weighted by atomic mass is 16.3. The second kappa shape index (κ2) is 9.37. The van der Waals surface area contributed by atoms with E-state index < -0.39 is 0 Å². The van der Waals surface area contributed by atoms with Gasteiger partial charge >= 0.3 is 0 Å². The molecule has 6 aromatic carbocycles. The molecule has 0 fully saturated rings. The minimum Gasteiger partial charge on any atom is -0.455 e. The molecule has 43 heavy (non-hydrogen) atoms. The number of para-hydroxylation sites is 2. The summed E-state index contributed by atoms with van der Waals surface area (Å²) in [6.07, 6.45) is 1.84. The molecule has 3 heteroatoms. The van der Waals surface area contributed by atoms with E-state index in [1.54, 1.807) is 0 Å². The van der Waals surface area contributed by atoms with E-state index >= 15 is 0 Å². The van der Waals surface area contributed by atoms with E-state index in [1.165, 1.54) is 16.3 Å². The second-order valence-electron chi connectivity index (χ2n) is 10.9. The highest BCUT2D eigenvalue weighted by molar-refractivity contribution is 6.23. The number of hydrogen-bond acceptors (Lipinski definition) is 3. The summed E-state index contributed by atoms with van der Waals surface area (Å²) in [5.74, 6) is 0.851. The van der Waals surface area contributed by atoms with Crippen LogP contribution >= 0.6 is 0 Å². The van der Waals surface area contributed by atoms with Crippen LogP contribution in [-0.2, 0) is 0 Å². The lowest BCUT2D eigenvalue weighted by molar-refractivity contribution is 0.623. The molecule has 3 heterocycles. The summed E-state index contributed by atoms with van der Waals surface area (Å²) in [7, 11) is 0. The first-order valence-corrected chi connectivity index (χ1v) is 14.5. The molecule has 200 valence electrons. The van der Waals surface area contributed by atoms with Crippen molar-refractivity contribution in [3.8, 4) is 45.0 Å². The molecule has 2 aliphatic rings. The maximum absolute atomic E-state index is 6.92. The third-order valence-electron chi connectivity index (χ3n) is 8.49. The molecule has 0 atom stereocenters. The third kappa shape index (κ3) is 3.62. The lowest BCUT2D eigenvalue weighted by Crippen LogP contribution is -1.94. The molecule has 0 N–H and O–H groups in total. The molecule has 0 aliphatic carbocycles. The second-order valence-corrected chi connectivity index (χ2v) is 10.9. The Bertz CT molecular complexity index is 2400. The van der Waals surface area contributed by atoms with E-state index in [0.717, 1.165) is 72.0 Å². The average molecular weight is 549 g/mol. The molecule has 0 bridgehead atoms. The first kappa shape index (κ1) is 23.9. The van der Waals surface area contributed by atoms with Crippen LogP contribution in [0, 0.1) is 0 Å². The molecule has 9 rings (SSSR count).